The van der Waals surface area contributed by atoms with Crippen molar-refractivity contribution in [2.75, 3.05) is 13.7 Å². The first-order valence-electron chi connectivity index (χ1n) is 10.4. The van der Waals surface area contributed by atoms with Crippen LogP contribution in [0.25, 0.3) is 22.4 Å². The molecule has 0 aliphatic heterocycles. The number of nitrogens with one attached hydrogen (secondary N) is 2. The fourth-order valence-electron chi connectivity index (χ4n) is 3.64. The number of rotatable bonds is 10. The van der Waals surface area contributed by atoms with Crippen molar-refractivity contribution < 1.29 is 19.4 Å². The van der Waals surface area contributed by atoms with Gasteiger partial charge in [0, 0.05) is 24.2 Å². The third kappa shape index (κ3) is 5.54. The number of carbonyl (C=O) groups excluding carboxylic acids is 1. The van der Waals surface area contributed by atoms with Gasteiger partial charge in [0.15, 0.2) is 0 Å². The van der Waals surface area contributed by atoms with Gasteiger partial charge in [-0.2, -0.15) is 0 Å². The highest BCUT2D eigenvalue weighted by molar-refractivity contribution is 6.02. The Kier molecular flexibility index (Phi) is 7.49. The van der Waals surface area contributed by atoms with Crippen molar-refractivity contribution in [1.82, 2.24) is 10.3 Å². The molecule has 0 spiro atoms. The molecule has 3 N–H and O–H groups in total. The summed E-state index contributed by atoms with van der Waals surface area (Å²) >= 11 is 0. The van der Waals surface area contributed by atoms with E-state index in [0.29, 0.717) is 18.7 Å². The highest BCUT2D eigenvalue weighted by atomic mass is 16.5. The van der Waals surface area contributed by atoms with Crippen molar-refractivity contribution in [3.63, 3.8) is 0 Å². The summed E-state index contributed by atoms with van der Waals surface area (Å²) in [4.78, 5) is 27.0. The first-order valence-corrected chi connectivity index (χ1v) is 10.4. The molecule has 0 aliphatic carbocycles. The quantitative estimate of drug-likeness (QED) is 0.401. The molecule has 31 heavy (non-hydrogen) atoms. The number of H-pyrrole nitrogens is 1. The molecule has 2 aromatic carbocycles. The lowest BCUT2D eigenvalue weighted by Crippen LogP contribution is -2.25. The van der Waals surface area contributed by atoms with E-state index >= 15 is 0 Å². The minimum absolute atomic E-state index is 0.160. The lowest BCUT2D eigenvalue weighted by atomic mass is 9.98. The highest BCUT2D eigenvalue weighted by Gasteiger charge is 2.21. The minimum Gasteiger partial charge on any atom is -0.497 e. The lowest BCUT2D eigenvalue weighted by molar-refractivity contribution is -0.137. The smallest absolute Gasteiger partial charge is 0.303 e. The number of aromatic amines is 1. The molecular weight excluding hydrogens is 392 g/mol. The van der Waals surface area contributed by atoms with Crippen LogP contribution in [0, 0.1) is 6.92 Å². The average molecular weight is 421 g/mol. The summed E-state index contributed by atoms with van der Waals surface area (Å²) in [5, 5.41) is 11.7. The Bertz CT molecular complexity index is 1020. The van der Waals surface area contributed by atoms with Gasteiger partial charge in [0.05, 0.1) is 7.11 Å². The average Bonchev–Trinajstić information content (AvgIpc) is 3.13. The number of benzene rings is 2. The number of hydrogen-bond donors (Lipinski definition) is 3. The Morgan fingerprint density at radius 2 is 1.68 bits per heavy atom. The SMILES string of the molecule is COc1ccc(-c2[nH]c(C(=O)NCCCCCC(=O)O)c(-c3ccccc3)c2C)cc1. The predicted octanol–water partition coefficient (Wildman–Crippen LogP) is 5.04. The molecule has 0 fully saturated rings. The number of amides is 1. The molecule has 162 valence electrons. The van der Waals surface area contributed by atoms with Gasteiger partial charge in [-0.15, -0.1) is 0 Å². The molecule has 0 atom stereocenters. The van der Waals surface area contributed by atoms with Crippen LogP contribution in [-0.4, -0.2) is 35.6 Å². The molecule has 3 aromatic rings. The summed E-state index contributed by atoms with van der Waals surface area (Å²) in [6, 6.07) is 17.6. The monoisotopic (exact) mass is 420 g/mol. The molecule has 0 saturated heterocycles. The maximum atomic E-state index is 13.0. The molecule has 0 radical (unpaired) electrons. The molecule has 1 amide bonds. The Labute approximate surface area is 182 Å². The number of hydrogen-bond acceptors (Lipinski definition) is 3. The number of carboxylic acid groups (broad SMARTS) is 1. The summed E-state index contributed by atoms with van der Waals surface area (Å²) in [6.45, 7) is 2.52. The van der Waals surface area contributed by atoms with Gasteiger partial charge in [0.25, 0.3) is 5.91 Å². The van der Waals surface area contributed by atoms with E-state index in [2.05, 4.69) is 10.3 Å². The fourth-order valence-corrected chi connectivity index (χ4v) is 3.64. The van der Waals surface area contributed by atoms with Crippen LogP contribution < -0.4 is 10.1 Å². The summed E-state index contributed by atoms with van der Waals surface area (Å²) in [7, 11) is 1.63. The predicted molar refractivity (Wildman–Crippen MR) is 121 cm³/mol. The lowest BCUT2D eigenvalue weighted by Gasteiger charge is -2.07. The molecule has 0 saturated carbocycles. The normalized spacial score (nSPS) is 10.6. The first kappa shape index (κ1) is 22.2. The van der Waals surface area contributed by atoms with Gasteiger partial charge in [0.1, 0.15) is 11.4 Å². The van der Waals surface area contributed by atoms with Gasteiger partial charge in [-0.1, -0.05) is 36.8 Å². The van der Waals surface area contributed by atoms with Crippen molar-refractivity contribution in [3.8, 4) is 28.1 Å². The maximum Gasteiger partial charge on any atom is 0.303 e. The fraction of sp³-hybridized carbons (Fsp3) is 0.280. The molecule has 3 rings (SSSR count). The number of ether oxygens (including phenoxy) is 1. The number of aliphatic carboxylic acids is 1. The molecule has 0 aliphatic rings. The summed E-state index contributed by atoms with van der Waals surface area (Å²) in [5.74, 6) is -0.179. The van der Waals surface area contributed by atoms with Gasteiger partial charge < -0.3 is 20.1 Å². The second-order valence-corrected chi connectivity index (χ2v) is 7.43. The van der Waals surface area contributed by atoms with Gasteiger partial charge in [-0.05, 0) is 60.7 Å². The van der Waals surface area contributed by atoms with E-state index < -0.39 is 5.97 Å². The number of aromatic nitrogens is 1. The molecule has 1 heterocycles. The topological polar surface area (TPSA) is 91.4 Å². The summed E-state index contributed by atoms with van der Waals surface area (Å²) < 4.78 is 5.25. The molecule has 6 nitrogen and oxygen atoms in total. The first-order chi connectivity index (χ1) is 15.0. The van der Waals surface area contributed by atoms with Crippen molar-refractivity contribution in [3.05, 3.63) is 65.9 Å². The second-order valence-electron chi connectivity index (χ2n) is 7.43. The standard InChI is InChI=1S/C25H28N2O4/c1-17-22(18-9-5-3-6-10-18)24(25(30)26-16-8-4-7-11-21(28)29)27-23(17)19-12-14-20(31-2)15-13-19/h3,5-6,9-10,12-15,27H,4,7-8,11,16H2,1-2H3,(H,26,30)(H,28,29). The molecule has 6 heteroatoms. The van der Waals surface area contributed by atoms with Gasteiger partial charge >= 0.3 is 5.97 Å². The van der Waals surface area contributed by atoms with Crippen molar-refractivity contribution in [1.29, 1.82) is 0 Å². The van der Waals surface area contributed by atoms with Crippen LogP contribution in [0.1, 0.15) is 41.7 Å². The van der Waals surface area contributed by atoms with Crippen LogP contribution in [0.5, 0.6) is 5.75 Å². The van der Waals surface area contributed by atoms with E-state index in [1.807, 2.05) is 61.5 Å². The minimum atomic E-state index is -0.788. The van der Waals surface area contributed by atoms with Gasteiger partial charge in [-0.3, -0.25) is 9.59 Å². The Balaban J connectivity index is 1.84. The molecular formula is C25H28N2O4. The van der Waals surface area contributed by atoms with Crippen LogP contribution in [0.3, 0.4) is 0 Å². The van der Waals surface area contributed by atoms with E-state index in [1.54, 1.807) is 7.11 Å². The molecule has 0 bridgehead atoms. The number of unbranched alkanes of at least 4 members (excludes halogenated alkanes) is 2. The van der Waals surface area contributed by atoms with Crippen LogP contribution in [0.15, 0.2) is 54.6 Å². The number of carbonyl (C=O) groups is 2. The van der Waals surface area contributed by atoms with Crippen LogP contribution in [0.4, 0.5) is 0 Å². The van der Waals surface area contributed by atoms with Gasteiger partial charge in [0.2, 0.25) is 0 Å². The Morgan fingerprint density at radius 3 is 2.32 bits per heavy atom. The van der Waals surface area contributed by atoms with Crippen molar-refractivity contribution >= 4 is 11.9 Å². The highest BCUT2D eigenvalue weighted by Crippen LogP contribution is 2.35. The van der Waals surface area contributed by atoms with Crippen molar-refractivity contribution in [2.24, 2.45) is 0 Å². The van der Waals surface area contributed by atoms with Crippen LogP contribution in [0.2, 0.25) is 0 Å². The van der Waals surface area contributed by atoms with E-state index in [1.165, 1.54) is 0 Å². The maximum absolute atomic E-state index is 13.0. The molecule has 0 unspecified atom stereocenters. The Morgan fingerprint density at radius 1 is 0.968 bits per heavy atom. The third-order valence-corrected chi connectivity index (χ3v) is 5.27. The second kappa shape index (κ2) is 10.5. The third-order valence-electron chi connectivity index (χ3n) is 5.27. The summed E-state index contributed by atoms with van der Waals surface area (Å²) in [6.07, 6.45) is 2.28. The van der Waals surface area contributed by atoms with E-state index in [-0.39, 0.29) is 12.3 Å². The molecule has 1 aromatic heterocycles. The van der Waals surface area contributed by atoms with Crippen molar-refractivity contribution in [2.45, 2.75) is 32.6 Å². The zero-order valence-electron chi connectivity index (χ0n) is 17.9. The number of methoxy groups -OCH3 is 1. The van der Waals surface area contributed by atoms with Crippen LogP contribution >= 0.6 is 0 Å². The Hall–Kier alpha value is -3.54. The van der Waals surface area contributed by atoms with E-state index in [9.17, 15) is 9.59 Å². The summed E-state index contributed by atoms with van der Waals surface area (Å²) in [5.41, 5.74) is 5.26. The van der Waals surface area contributed by atoms with E-state index in [0.717, 1.165) is 46.5 Å². The number of carboxylic acids is 1. The van der Waals surface area contributed by atoms with Crippen LogP contribution in [-0.2, 0) is 4.79 Å². The zero-order valence-corrected chi connectivity index (χ0v) is 17.9. The van der Waals surface area contributed by atoms with E-state index in [4.69, 9.17) is 9.84 Å². The van der Waals surface area contributed by atoms with Gasteiger partial charge in [-0.25, -0.2) is 0 Å². The zero-order chi connectivity index (χ0) is 22.2. The largest absolute Gasteiger partial charge is 0.497 e.